The maximum absolute atomic E-state index is 5.32. The Kier molecular flexibility index (Phi) is 5.59. The molecule has 1 aromatic rings. The molecule has 2 heteroatoms. The minimum Gasteiger partial charge on any atom is -0.282 e. The van der Waals surface area contributed by atoms with Gasteiger partial charge in [0.05, 0.1) is 0 Å². The van der Waals surface area contributed by atoms with E-state index in [1.54, 1.807) is 0 Å². The van der Waals surface area contributed by atoms with E-state index in [4.69, 9.17) is 9.78 Å². The number of unbranched alkanes of at least 4 members (excludes halogenated alkanes) is 2. The second kappa shape index (κ2) is 6.98. The molecule has 0 saturated carbocycles. The van der Waals surface area contributed by atoms with Crippen LogP contribution in [0.5, 0.6) is 0 Å². The van der Waals surface area contributed by atoms with Crippen LogP contribution in [0.4, 0.5) is 0 Å². The Labute approximate surface area is 104 Å². The molecule has 0 N–H and O–H groups in total. The normalized spacial score (nSPS) is 10.5. The lowest BCUT2D eigenvalue weighted by Crippen LogP contribution is -2.20. The standard InChI is InChI=1S/C15H20O2/c1-4-5-6-10-13-16-17-15(2,3)14-11-8-7-9-12-14/h7-9,11-12H,4-6H2,1-3H3. The molecule has 2 nitrogen and oxygen atoms in total. The number of rotatable bonds is 5. The van der Waals surface area contributed by atoms with E-state index in [-0.39, 0.29) is 0 Å². The molecule has 17 heavy (non-hydrogen) atoms. The first kappa shape index (κ1) is 13.6. The van der Waals surface area contributed by atoms with E-state index in [2.05, 4.69) is 19.0 Å². The number of benzene rings is 1. The topological polar surface area (TPSA) is 18.5 Å². The molecular weight excluding hydrogens is 212 g/mol. The van der Waals surface area contributed by atoms with Crippen molar-refractivity contribution in [3.8, 4) is 12.0 Å². The van der Waals surface area contributed by atoms with Crippen LogP contribution in [-0.4, -0.2) is 0 Å². The summed E-state index contributed by atoms with van der Waals surface area (Å²) in [4.78, 5) is 10.3. The molecule has 0 aliphatic rings. The van der Waals surface area contributed by atoms with E-state index >= 15 is 0 Å². The minimum absolute atomic E-state index is 0.485. The third-order valence-electron chi connectivity index (χ3n) is 2.49. The Morgan fingerprint density at radius 2 is 1.88 bits per heavy atom. The van der Waals surface area contributed by atoms with Gasteiger partial charge in [-0.1, -0.05) is 49.6 Å². The average Bonchev–Trinajstić information content (AvgIpc) is 2.35. The third-order valence-corrected chi connectivity index (χ3v) is 2.49. The van der Waals surface area contributed by atoms with E-state index in [0.29, 0.717) is 0 Å². The summed E-state index contributed by atoms with van der Waals surface area (Å²) in [5.74, 6) is 2.91. The molecule has 0 saturated heterocycles. The summed E-state index contributed by atoms with van der Waals surface area (Å²) in [6, 6.07) is 9.95. The van der Waals surface area contributed by atoms with Crippen molar-refractivity contribution in [2.75, 3.05) is 0 Å². The first-order valence-corrected chi connectivity index (χ1v) is 6.05. The highest BCUT2D eigenvalue weighted by molar-refractivity contribution is 5.20. The van der Waals surface area contributed by atoms with Gasteiger partial charge in [0.2, 0.25) is 0 Å². The van der Waals surface area contributed by atoms with E-state index in [0.717, 1.165) is 24.8 Å². The summed E-state index contributed by atoms with van der Waals surface area (Å²) in [6.07, 6.45) is 5.67. The molecule has 0 bridgehead atoms. The zero-order valence-electron chi connectivity index (χ0n) is 10.8. The van der Waals surface area contributed by atoms with Gasteiger partial charge >= 0.3 is 0 Å². The van der Waals surface area contributed by atoms with Gasteiger partial charge in [-0.05, 0) is 25.8 Å². The molecule has 0 unspecified atom stereocenters. The molecule has 0 aliphatic heterocycles. The van der Waals surface area contributed by atoms with Gasteiger partial charge in [-0.3, -0.25) is 4.89 Å². The fourth-order valence-electron chi connectivity index (χ4n) is 1.36. The van der Waals surface area contributed by atoms with Gasteiger partial charge in [0.1, 0.15) is 5.60 Å². The van der Waals surface area contributed by atoms with E-state index in [9.17, 15) is 0 Å². The molecule has 1 rings (SSSR count). The molecule has 0 aliphatic carbocycles. The van der Waals surface area contributed by atoms with Crippen molar-refractivity contribution in [1.29, 1.82) is 0 Å². The van der Waals surface area contributed by atoms with Gasteiger partial charge in [-0.25, -0.2) is 0 Å². The predicted molar refractivity (Wildman–Crippen MR) is 68.9 cm³/mol. The third kappa shape index (κ3) is 4.93. The van der Waals surface area contributed by atoms with Gasteiger partial charge in [-0.2, -0.15) is 4.89 Å². The zero-order chi connectivity index (χ0) is 12.6. The molecule has 0 aromatic heterocycles. The molecule has 0 fully saturated rings. The first-order chi connectivity index (χ1) is 8.17. The van der Waals surface area contributed by atoms with Crippen molar-refractivity contribution in [3.63, 3.8) is 0 Å². The van der Waals surface area contributed by atoms with Crippen molar-refractivity contribution in [2.24, 2.45) is 0 Å². The molecule has 0 amide bonds. The summed E-state index contributed by atoms with van der Waals surface area (Å²) in [5, 5.41) is 0. The maximum Gasteiger partial charge on any atom is 0.157 e. The molecule has 0 heterocycles. The van der Waals surface area contributed by atoms with Crippen LogP contribution in [-0.2, 0) is 15.4 Å². The van der Waals surface area contributed by atoms with Crippen molar-refractivity contribution >= 4 is 0 Å². The highest BCUT2D eigenvalue weighted by Gasteiger charge is 2.22. The predicted octanol–water partition coefficient (Wildman–Crippen LogP) is 4.02. The highest BCUT2D eigenvalue weighted by atomic mass is 17.2. The Balaban J connectivity index is 2.42. The quantitative estimate of drug-likeness (QED) is 0.330. The van der Waals surface area contributed by atoms with Crippen LogP contribution in [0.25, 0.3) is 0 Å². The number of hydrogen-bond acceptors (Lipinski definition) is 2. The number of hydrogen-bond donors (Lipinski definition) is 0. The van der Waals surface area contributed by atoms with Crippen LogP contribution < -0.4 is 0 Å². The maximum atomic E-state index is 5.32. The second-order valence-electron chi connectivity index (χ2n) is 4.43. The van der Waals surface area contributed by atoms with Gasteiger partial charge in [0.25, 0.3) is 0 Å². The molecule has 0 spiro atoms. The lowest BCUT2D eigenvalue weighted by Gasteiger charge is -2.21. The van der Waals surface area contributed by atoms with Crippen molar-refractivity contribution in [2.45, 2.75) is 45.6 Å². The SMILES string of the molecule is CCCCC#COOC(C)(C)c1ccccc1. The van der Waals surface area contributed by atoms with Crippen LogP contribution in [0.2, 0.25) is 0 Å². The van der Waals surface area contributed by atoms with E-state index in [1.165, 1.54) is 0 Å². The monoisotopic (exact) mass is 232 g/mol. The molecule has 0 atom stereocenters. The summed E-state index contributed by atoms with van der Waals surface area (Å²) in [6.45, 7) is 6.05. The second-order valence-corrected chi connectivity index (χ2v) is 4.43. The van der Waals surface area contributed by atoms with E-state index in [1.807, 2.05) is 44.2 Å². The average molecular weight is 232 g/mol. The van der Waals surface area contributed by atoms with Gasteiger partial charge in [-0.15, -0.1) is 0 Å². The van der Waals surface area contributed by atoms with Crippen LogP contribution in [0.1, 0.15) is 45.6 Å². The molecule has 1 aromatic carbocycles. The van der Waals surface area contributed by atoms with Gasteiger partial charge in [0.15, 0.2) is 6.11 Å². The van der Waals surface area contributed by atoms with E-state index < -0.39 is 5.60 Å². The zero-order valence-corrected chi connectivity index (χ0v) is 10.8. The minimum atomic E-state index is -0.485. The lowest BCUT2D eigenvalue weighted by atomic mass is 9.99. The smallest absolute Gasteiger partial charge is 0.157 e. The summed E-state index contributed by atoms with van der Waals surface area (Å²) >= 11 is 0. The Morgan fingerprint density at radius 3 is 2.53 bits per heavy atom. The van der Waals surface area contributed by atoms with Crippen LogP contribution >= 0.6 is 0 Å². The summed E-state index contributed by atoms with van der Waals surface area (Å²) < 4.78 is 0. The summed E-state index contributed by atoms with van der Waals surface area (Å²) in [7, 11) is 0. The fourth-order valence-corrected chi connectivity index (χ4v) is 1.36. The first-order valence-electron chi connectivity index (χ1n) is 6.05. The van der Waals surface area contributed by atoms with Crippen LogP contribution in [0.3, 0.4) is 0 Å². The Bertz CT molecular complexity index is 371. The largest absolute Gasteiger partial charge is 0.282 e. The fraction of sp³-hybridized carbons (Fsp3) is 0.467. The van der Waals surface area contributed by atoms with Crippen molar-refractivity contribution in [1.82, 2.24) is 0 Å². The summed E-state index contributed by atoms with van der Waals surface area (Å²) in [5.41, 5.74) is 0.580. The molecule has 0 radical (unpaired) electrons. The molecular formula is C15H20O2. The Hall–Kier alpha value is -1.46. The van der Waals surface area contributed by atoms with Gasteiger partial charge in [0, 0.05) is 6.42 Å². The van der Waals surface area contributed by atoms with Crippen LogP contribution in [0.15, 0.2) is 30.3 Å². The Morgan fingerprint density at radius 1 is 1.18 bits per heavy atom. The highest BCUT2D eigenvalue weighted by Crippen LogP contribution is 2.24. The van der Waals surface area contributed by atoms with Crippen LogP contribution in [0, 0.1) is 12.0 Å². The van der Waals surface area contributed by atoms with Crippen molar-refractivity contribution in [3.05, 3.63) is 35.9 Å². The van der Waals surface area contributed by atoms with Crippen molar-refractivity contribution < 1.29 is 9.78 Å². The van der Waals surface area contributed by atoms with Gasteiger partial charge < -0.3 is 0 Å². The molecule has 92 valence electrons. The lowest BCUT2D eigenvalue weighted by molar-refractivity contribution is -0.311.